The third kappa shape index (κ3) is 3.97. The second-order valence-electron chi connectivity index (χ2n) is 4.23. The van der Waals surface area contributed by atoms with Crippen molar-refractivity contribution < 1.29 is 23.1 Å². The number of carbonyl (C=O) groups is 2. The van der Waals surface area contributed by atoms with E-state index in [1.165, 1.54) is 6.92 Å². The Kier molecular flexibility index (Phi) is 6.31. The number of nitrogens with one attached hydrogen (secondary N) is 1. The normalized spacial score (nSPS) is 15.2. The van der Waals surface area contributed by atoms with Crippen LogP contribution in [0.25, 0.3) is 0 Å². The summed E-state index contributed by atoms with van der Waals surface area (Å²) in [6.07, 6.45) is 1.40. The lowest BCUT2D eigenvalue weighted by Crippen LogP contribution is -2.46. The molecule has 0 saturated carbocycles. The van der Waals surface area contributed by atoms with E-state index in [1.54, 1.807) is 0 Å². The molecule has 0 aromatic carbocycles. The number of amides is 1. The molecule has 7 heteroatoms. The molecular formula is C11H21NO5S. The second-order valence-corrected chi connectivity index (χ2v) is 6.83. The lowest BCUT2D eigenvalue weighted by Gasteiger charge is -2.20. The lowest BCUT2D eigenvalue weighted by atomic mass is 10.2. The molecule has 0 saturated heterocycles. The maximum absolute atomic E-state index is 11.8. The first kappa shape index (κ1) is 16.9. The molecule has 2 unspecified atom stereocenters. The average Bonchev–Trinajstić information content (AvgIpc) is 2.33. The molecule has 0 rings (SSSR count). The summed E-state index contributed by atoms with van der Waals surface area (Å²) in [5, 5.41) is 8.38. The number of carbonyl (C=O) groups excluding carboxylic acids is 1. The summed E-state index contributed by atoms with van der Waals surface area (Å²) in [5.74, 6) is -2.09. The quantitative estimate of drug-likeness (QED) is 0.709. The van der Waals surface area contributed by atoms with Gasteiger partial charge in [0.25, 0.3) is 0 Å². The van der Waals surface area contributed by atoms with Gasteiger partial charge in [-0.15, -0.1) is 0 Å². The first-order valence-electron chi connectivity index (χ1n) is 5.94. The van der Waals surface area contributed by atoms with Crippen molar-refractivity contribution in [2.45, 2.75) is 57.1 Å². The van der Waals surface area contributed by atoms with Gasteiger partial charge in [0.1, 0.15) is 5.25 Å². The van der Waals surface area contributed by atoms with Gasteiger partial charge in [-0.3, -0.25) is 9.59 Å². The Labute approximate surface area is 108 Å². The molecule has 0 fully saturated rings. The summed E-state index contributed by atoms with van der Waals surface area (Å²) < 4.78 is 23.7. The fraction of sp³-hybridized carbons (Fsp3) is 0.818. The van der Waals surface area contributed by atoms with Crippen LogP contribution in [0.4, 0.5) is 0 Å². The first-order chi connectivity index (χ1) is 8.18. The highest BCUT2D eigenvalue weighted by atomic mass is 32.2. The van der Waals surface area contributed by atoms with Crippen molar-refractivity contribution in [3.05, 3.63) is 0 Å². The molecule has 1 amide bonds. The van der Waals surface area contributed by atoms with Crippen molar-refractivity contribution in [3.63, 3.8) is 0 Å². The SMILES string of the molecule is CCC(CC)NC(=O)C(C)S(=O)(=O)C(C)C(=O)O. The fourth-order valence-corrected chi connectivity index (χ4v) is 2.67. The van der Waals surface area contributed by atoms with Gasteiger partial charge >= 0.3 is 5.97 Å². The van der Waals surface area contributed by atoms with Gasteiger partial charge in [0, 0.05) is 6.04 Å². The number of carboxylic acid groups (broad SMARTS) is 1. The van der Waals surface area contributed by atoms with Crippen LogP contribution in [-0.4, -0.2) is 41.9 Å². The predicted octanol–water partition coefficient (Wildman–Crippen LogP) is 0.568. The standard InChI is InChI=1S/C11H21NO5S/c1-5-9(6-2)12-10(13)7(3)18(16,17)8(4)11(14)15/h7-9H,5-6H2,1-4H3,(H,12,13)(H,14,15). The summed E-state index contributed by atoms with van der Waals surface area (Å²) in [4.78, 5) is 22.5. The highest BCUT2D eigenvalue weighted by Gasteiger charge is 2.37. The fourth-order valence-electron chi connectivity index (χ4n) is 1.41. The van der Waals surface area contributed by atoms with Crippen LogP contribution < -0.4 is 5.32 Å². The summed E-state index contributed by atoms with van der Waals surface area (Å²) >= 11 is 0. The molecule has 0 radical (unpaired) electrons. The Morgan fingerprint density at radius 2 is 1.56 bits per heavy atom. The Morgan fingerprint density at radius 1 is 1.11 bits per heavy atom. The molecule has 18 heavy (non-hydrogen) atoms. The minimum Gasteiger partial charge on any atom is -0.480 e. The predicted molar refractivity (Wildman–Crippen MR) is 68.0 cm³/mol. The molecule has 0 aliphatic heterocycles. The number of hydrogen-bond acceptors (Lipinski definition) is 4. The van der Waals surface area contributed by atoms with Crippen LogP contribution in [0.3, 0.4) is 0 Å². The monoisotopic (exact) mass is 279 g/mol. The van der Waals surface area contributed by atoms with Crippen LogP contribution in [-0.2, 0) is 19.4 Å². The van der Waals surface area contributed by atoms with Crippen molar-refractivity contribution in [2.24, 2.45) is 0 Å². The average molecular weight is 279 g/mol. The summed E-state index contributed by atoms with van der Waals surface area (Å²) in [5.41, 5.74) is 0. The molecule has 0 bridgehead atoms. The van der Waals surface area contributed by atoms with Gasteiger partial charge in [-0.2, -0.15) is 0 Å². The molecule has 106 valence electrons. The molecule has 0 heterocycles. The van der Waals surface area contributed by atoms with Gasteiger partial charge in [-0.1, -0.05) is 13.8 Å². The molecule has 0 aliphatic rings. The highest BCUT2D eigenvalue weighted by Crippen LogP contribution is 2.11. The van der Waals surface area contributed by atoms with Crippen molar-refractivity contribution in [1.82, 2.24) is 5.32 Å². The van der Waals surface area contributed by atoms with Gasteiger partial charge in [-0.05, 0) is 26.7 Å². The van der Waals surface area contributed by atoms with Crippen LogP contribution in [0, 0.1) is 0 Å². The van der Waals surface area contributed by atoms with Crippen molar-refractivity contribution >= 4 is 21.7 Å². The number of sulfone groups is 1. The van der Waals surface area contributed by atoms with Crippen molar-refractivity contribution in [1.29, 1.82) is 0 Å². The third-order valence-corrected chi connectivity index (χ3v) is 5.42. The zero-order valence-corrected chi connectivity index (χ0v) is 12.0. The van der Waals surface area contributed by atoms with Crippen LogP contribution in [0.5, 0.6) is 0 Å². The van der Waals surface area contributed by atoms with E-state index in [2.05, 4.69) is 5.32 Å². The molecule has 6 nitrogen and oxygen atoms in total. The maximum atomic E-state index is 11.8. The summed E-state index contributed by atoms with van der Waals surface area (Å²) in [7, 11) is -4.01. The Morgan fingerprint density at radius 3 is 1.89 bits per heavy atom. The van der Waals surface area contributed by atoms with E-state index >= 15 is 0 Å². The van der Waals surface area contributed by atoms with E-state index in [0.29, 0.717) is 12.8 Å². The van der Waals surface area contributed by atoms with E-state index in [1.807, 2.05) is 13.8 Å². The third-order valence-electron chi connectivity index (χ3n) is 3.03. The smallest absolute Gasteiger partial charge is 0.321 e. The topological polar surface area (TPSA) is 101 Å². The van der Waals surface area contributed by atoms with Crippen LogP contribution in [0.1, 0.15) is 40.5 Å². The number of hydrogen-bond donors (Lipinski definition) is 2. The zero-order chi connectivity index (χ0) is 14.5. The highest BCUT2D eigenvalue weighted by molar-refractivity contribution is 7.94. The van der Waals surface area contributed by atoms with E-state index in [4.69, 9.17) is 5.11 Å². The molecule has 0 aliphatic carbocycles. The maximum Gasteiger partial charge on any atom is 0.321 e. The molecule has 0 spiro atoms. The Hall–Kier alpha value is -1.11. The largest absolute Gasteiger partial charge is 0.480 e. The van der Waals surface area contributed by atoms with Crippen LogP contribution >= 0.6 is 0 Å². The summed E-state index contributed by atoms with van der Waals surface area (Å²) in [6.45, 7) is 6.05. The van der Waals surface area contributed by atoms with E-state index in [0.717, 1.165) is 6.92 Å². The van der Waals surface area contributed by atoms with Crippen molar-refractivity contribution in [2.75, 3.05) is 0 Å². The molecule has 0 aromatic rings. The van der Waals surface area contributed by atoms with Crippen LogP contribution in [0.15, 0.2) is 0 Å². The van der Waals surface area contributed by atoms with Gasteiger partial charge < -0.3 is 10.4 Å². The molecule has 0 aromatic heterocycles. The van der Waals surface area contributed by atoms with E-state index in [9.17, 15) is 18.0 Å². The van der Waals surface area contributed by atoms with Gasteiger partial charge in [-0.25, -0.2) is 8.42 Å². The number of rotatable bonds is 7. The molecular weight excluding hydrogens is 258 g/mol. The summed E-state index contributed by atoms with van der Waals surface area (Å²) in [6, 6.07) is -0.0877. The number of aliphatic carboxylic acids is 1. The minimum atomic E-state index is -4.01. The molecule has 2 N–H and O–H groups in total. The molecule has 2 atom stereocenters. The second kappa shape index (κ2) is 6.72. The van der Waals surface area contributed by atoms with Crippen LogP contribution in [0.2, 0.25) is 0 Å². The van der Waals surface area contributed by atoms with Gasteiger partial charge in [0.2, 0.25) is 5.91 Å². The van der Waals surface area contributed by atoms with Gasteiger partial charge in [0.05, 0.1) is 0 Å². The first-order valence-corrected chi connectivity index (χ1v) is 7.55. The van der Waals surface area contributed by atoms with Crippen molar-refractivity contribution in [3.8, 4) is 0 Å². The zero-order valence-electron chi connectivity index (χ0n) is 11.1. The van der Waals surface area contributed by atoms with E-state index in [-0.39, 0.29) is 6.04 Å². The van der Waals surface area contributed by atoms with E-state index < -0.39 is 32.2 Å². The minimum absolute atomic E-state index is 0.0877. The lowest BCUT2D eigenvalue weighted by molar-refractivity contribution is -0.136. The van der Waals surface area contributed by atoms with Gasteiger partial charge in [0.15, 0.2) is 15.1 Å². The number of carboxylic acids is 1. The Balaban J connectivity index is 4.89. The Bertz CT molecular complexity index is 400.